The first-order chi connectivity index (χ1) is 9.22. The van der Waals surface area contributed by atoms with E-state index in [0.29, 0.717) is 5.69 Å². The molecule has 3 aromatic rings. The van der Waals surface area contributed by atoms with E-state index in [-0.39, 0.29) is 5.84 Å². The van der Waals surface area contributed by atoms with Gasteiger partial charge in [0.25, 0.3) is 0 Å². The fraction of sp³-hybridized carbons (Fsp3) is 0. The fourth-order valence-electron chi connectivity index (χ4n) is 1.69. The van der Waals surface area contributed by atoms with Crippen molar-refractivity contribution in [2.45, 2.75) is 10.1 Å². The average Bonchev–Trinajstić information content (AvgIpc) is 2.81. The van der Waals surface area contributed by atoms with Gasteiger partial charge in [0.05, 0.1) is 11.0 Å². The number of rotatable bonds is 3. The number of aromatic nitrogens is 3. The number of pyridine rings is 1. The molecule has 0 radical (unpaired) electrons. The molecule has 3 rings (SSSR count). The van der Waals surface area contributed by atoms with E-state index in [4.69, 9.17) is 11.1 Å². The Balaban J connectivity index is 1.86. The Morgan fingerprint density at radius 1 is 1.21 bits per heavy atom. The normalized spacial score (nSPS) is 10.7. The number of hydrogen-bond donors (Lipinski definition) is 3. The van der Waals surface area contributed by atoms with Crippen LogP contribution in [-0.2, 0) is 0 Å². The van der Waals surface area contributed by atoms with Crippen LogP contribution in [0, 0.1) is 5.41 Å². The molecule has 0 saturated heterocycles. The molecule has 19 heavy (non-hydrogen) atoms. The molecule has 2 heterocycles. The zero-order valence-corrected chi connectivity index (χ0v) is 10.7. The van der Waals surface area contributed by atoms with Crippen LogP contribution in [0.1, 0.15) is 5.69 Å². The number of aromatic amines is 1. The molecule has 0 aliphatic carbocycles. The van der Waals surface area contributed by atoms with Crippen molar-refractivity contribution in [3.05, 3.63) is 48.3 Å². The molecule has 0 saturated carbocycles. The Morgan fingerprint density at radius 3 is 2.74 bits per heavy atom. The Kier molecular flexibility index (Phi) is 2.92. The SMILES string of the molecule is N=C(N)c1ccc(Sc2nc3ccccc3[nH]2)cn1. The van der Waals surface area contributed by atoms with Crippen molar-refractivity contribution in [2.75, 3.05) is 0 Å². The van der Waals surface area contributed by atoms with Crippen molar-refractivity contribution in [2.24, 2.45) is 5.73 Å². The zero-order chi connectivity index (χ0) is 13.2. The molecular formula is C13H11N5S. The molecule has 6 heteroatoms. The quantitative estimate of drug-likeness (QED) is 0.503. The number of nitrogen functional groups attached to an aromatic ring is 1. The van der Waals surface area contributed by atoms with Gasteiger partial charge in [-0.3, -0.25) is 10.4 Å². The summed E-state index contributed by atoms with van der Waals surface area (Å²) < 4.78 is 0. The van der Waals surface area contributed by atoms with Crippen molar-refractivity contribution >= 4 is 28.6 Å². The van der Waals surface area contributed by atoms with Gasteiger partial charge >= 0.3 is 0 Å². The fourth-order valence-corrected chi connectivity index (χ4v) is 2.46. The van der Waals surface area contributed by atoms with Crippen LogP contribution in [0.5, 0.6) is 0 Å². The van der Waals surface area contributed by atoms with Crippen molar-refractivity contribution < 1.29 is 0 Å². The van der Waals surface area contributed by atoms with Gasteiger partial charge in [-0.25, -0.2) is 4.98 Å². The molecule has 4 N–H and O–H groups in total. The van der Waals surface area contributed by atoms with Crippen molar-refractivity contribution in [1.82, 2.24) is 15.0 Å². The minimum absolute atomic E-state index is 0.0275. The molecule has 0 bridgehead atoms. The number of nitrogens with one attached hydrogen (secondary N) is 2. The van der Waals surface area contributed by atoms with Gasteiger partial charge in [-0.1, -0.05) is 23.9 Å². The largest absolute Gasteiger partial charge is 0.382 e. The second-order valence-corrected chi connectivity index (χ2v) is 5.02. The third-order valence-corrected chi connectivity index (χ3v) is 3.46. The van der Waals surface area contributed by atoms with E-state index in [0.717, 1.165) is 21.1 Å². The van der Waals surface area contributed by atoms with E-state index >= 15 is 0 Å². The van der Waals surface area contributed by atoms with Gasteiger partial charge in [0.1, 0.15) is 11.5 Å². The van der Waals surface area contributed by atoms with E-state index in [1.165, 1.54) is 11.8 Å². The lowest BCUT2D eigenvalue weighted by Gasteiger charge is -1.99. The summed E-state index contributed by atoms with van der Waals surface area (Å²) in [6.07, 6.45) is 1.69. The molecule has 0 spiro atoms. The van der Waals surface area contributed by atoms with Gasteiger partial charge in [-0.05, 0) is 24.3 Å². The maximum absolute atomic E-state index is 7.29. The van der Waals surface area contributed by atoms with Crippen LogP contribution < -0.4 is 5.73 Å². The van der Waals surface area contributed by atoms with Gasteiger partial charge in [-0.2, -0.15) is 0 Å². The van der Waals surface area contributed by atoms with E-state index in [1.807, 2.05) is 30.3 Å². The first-order valence-electron chi connectivity index (χ1n) is 5.65. The van der Waals surface area contributed by atoms with Crippen LogP contribution in [0.25, 0.3) is 11.0 Å². The second kappa shape index (κ2) is 4.74. The van der Waals surface area contributed by atoms with Crippen LogP contribution in [0.15, 0.2) is 52.6 Å². The summed E-state index contributed by atoms with van der Waals surface area (Å²) in [5, 5.41) is 8.11. The van der Waals surface area contributed by atoms with Gasteiger partial charge in [0, 0.05) is 11.1 Å². The third-order valence-electron chi connectivity index (χ3n) is 2.59. The Labute approximate surface area is 113 Å². The van der Waals surface area contributed by atoms with Crippen molar-refractivity contribution in [3.8, 4) is 0 Å². The molecule has 0 aliphatic rings. The topological polar surface area (TPSA) is 91.4 Å². The summed E-state index contributed by atoms with van der Waals surface area (Å²) in [6, 6.07) is 11.5. The Hall–Kier alpha value is -2.34. The first-order valence-corrected chi connectivity index (χ1v) is 6.47. The molecule has 0 unspecified atom stereocenters. The van der Waals surface area contributed by atoms with Crippen LogP contribution in [-0.4, -0.2) is 20.8 Å². The summed E-state index contributed by atoms with van der Waals surface area (Å²) in [6.45, 7) is 0. The lowest BCUT2D eigenvalue weighted by Crippen LogP contribution is -2.12. The predicted molar refractivity (Wildman–Crippen MR) is 75.5 cm³/mol. The number of H-pyrrole nitrogens is 1. The molecule has 94 valence electrons. The summed E-state index contributed by atoms with van der Waals surface area (Å²) in [5.74, 6) is -0.0275. The molecule has 5 nitrogen and oxygen atoms in total. The number of imidazole rings is 1. The number of amidine groups is 1. The molecule has 1 aromatic carbocycles. The number of nitrogens with two attached hydrogens (primary N) is 1. The average molecular weight is 269 g/mol. The van der Waals surface area contributed by atoms with Crippen LogP contribution in [0.2, 0.25) is 0 Å². The number of hydrogen-bond acceptors (Lipinski definition) is 4. The summed E-state index contributed by atoms with van der Waals surface area (Å²) in [4.78, 5) is 12.8. The zero-order valence-electron chi connectivity index (χ0n) is 9.92. The molecule has 0 fully saturated rings. The molecule has 0 atom stereocenters. The molecule has 0 aliphatic heterocycles. The van der Waals surface area contributed by atoms with Gasteiger partial charge < -0.3 is 10.7 Å². The highest BCUT2D eigenvalue weighted by Crippen LogP contribution is 2.26. The van der Waals surface area contributed by atoms with E-state index in [2.05, 4.69) is 15.0 Å². The van der Waals surface area contributed by atoms with Crippen LogP contribution in [0.4, 0.5) is 0 Å². The van der Waals surface area contributed by atoms with E-state index in [1.54, 1.807) is 12.3 Å². The summed E-state index contributed by atoms with van der Waals surface area (Å²) >= 11 is 1.49. The number of para-hydroxylation sites is 2. The molecule has 2 aromatic heterocycles. The van der Waals surface area contributed by atoms with Crippen LogP contribution >= 0.6 is 11.8 Å². The molecular weight excluding hydrogens is 258 g/mol. The monoisotopic (exact) mass is 269 g/mol. The first kappa shape index (κ1) is 11.7. The lowest BCUT2D eigenvalue weighted by molar-refractivity contribution is 1.07. The number of fused-ring (bicyclic) bond motifs is 1. The van der Waals surface area contributed by atoms with Gasteiger partial charge in [0.2, 0.25) is 0 Å². The maximum Gasteiger partial charge on any atom is 0.171 e. The second-order valence-electron chi connectivity index (χ2n) is 3.95. The smallest absolute Gasteiger partial charge is 0.171 e. The third kappa shape index (κ3) is 2.43. The lowest BCUT2D eigenvalue weighted by atomic mass is 10.3. The number of nitrogens with zero attached hydrogens (tertiary/aromatic N) is 2. The van der Waals surface area contributed by atoms with Gasteiger partial charge in [-0.15, -0.1) is 0 Å². The van der Waals surface area contributed by atoms with E-state index in [9.17, 15) is 0 Å². The summed E-state index contributed by atoms with van der Waals surface area (Å²) in [5.41, 5.74) is 7.80. The summed E-state index contributed by atoms with van der Waals surface area (Å²) in [7, 11) is 0. The number of benzene rings is 1. The van der Waals surface area contributed by atoms with E-state index < -0.39 is 0 Å². The highest BCUT2D eigenvalue weighted by Gasteiger charge is 2.05. The highest BCUT2D eigenvalue weighted by molar-refractivity contribution is 7.99. The predicted octanol–water partition coefficient (Wildman–Crippen LogP) is 2.39. The van der Waals surface area contributed by atoms with Crippen molar-refractivity contribution in [3.63, 3.8) is 0 Å². The Bertz CT molecular complexity index is 699. The van der Waals surface area contributed by atoms with Gasteiger partial charge in [0.15, 0.2) is 5.16 Å². The standard InChI is InChI=1S/C13H11N5S/c14-12(15)11-6-5-8(7-16-11)19-13-17-9-3-1-2-4-10(9)18-13/h1-7H,(H3,14,15)(H,17,18). The molecule has 0 amide bonds. The highest BCUT2D eigenvalue weighted by atomic mass is 32.2. The van der Waals surface area contributed by atoms with Crippen molar-refractivity contribution in [1.29, 1.82) is 5.41 Å². The maximum atomic E-state index is 7.29. The van der Waals surface area contributed by atoms with Crippen LogP contribution in [0.3, 0.4) is 0 Å². The Morgan fingerprint density at radius 2 is 2.05 bits per heavy atom. The minimum Gasteiger partial charge on any atom is -0.382 e. The minimum atomic E-state index is -0.0275.